The van der Waals surface area contributed by atoms with E-state index in [2.05, 4.69) is 5.32 Å². The molecule has 1 aliphatic carbocycles. The van der Waals surface area contributed by atoms with Crippen molar-refractivity contribution < 1.29 is 31.9 Å². The SMILES string of the molecule is O=C(Nc1c(F)ccc(NC(=O)C(F)F)c1F)c1cc(NC(=O)[C@H]2CC2(Cl)Cl)ccc1Cl. The van der Waals surface area contributed by atoms with E-state index in [1.165, 1.54) is 12.1 Å². The molecule has 3 amide bonds. The number of anilines is 3. The van der Waals surface area contributed by atoms with Crippen molar-refractivity contribution in [1.82, 2.24) is 0 Å². The molecule has 0 aromatic heterocycles. The summed E-state index contributed by atoms with van der Waals surface area (Å²) in [6.45, 7) is 0. The number of benzene rings is 2. The van der Waals surface area contributed by atoms with Crippen LogP contribution in [0.3, 0.4) is 0 Å². The van der Waals surface area contributed by atoms with Gasteiger partial charge in [-0.2, -0.15) is 8.78 Å². The second kappa shape index (κ2) is 9.13. The van der Waals surface area contributed by atoms with Crippen molar-refractivity contribution in [2.45, 2.75) is 17.2 Å². The summed E-state index contributed by atoms with van der Waals surface area (Å²) >= 11 is 17.7. The van der Waals surface area contributed by atoms with Crippen LogP contribution in [-0.2, 0) is 9.59 Å². The van der Waals surface area contributed by atoms with Crippen LogP contribution in [0, 0.1) is 17.6 Å². The third kappa shape index (κ3) is 5.25. The molecular weight excluding hydrogens is 501 g/mol. The third-order valence-electron chi connectivity index (χ3n) is 4.41. The molecule has 0 saturated heterocycles. The number of carbonyl (C=O) groups excluding carboxylic acids is 3. The van der Waals surface area contributed by atoms with Gasteiger partial charge in [-0.1, -0.05) is 11.6 Å². The summed E-state index contributed by atoms with van der Waals surface area (Å²) in [5.41, 5.74) is -1.89. The highest BCUT2D eigenvalue weighted by atomic mass is 35.5. The number of nitrogens with one attached hydrogen (secondary N) is 3. The molecule has 2 aromatic carbocycles. The first-order valence-electron chi connectivity index (χ1n) is 8.77. The summed E-state index contributed by atoms with van der Waals surface area (Å²) in [7, 11) is 0. The zero-order valence-electron chi connectivity index (χ0n) is 15.6. The first kappa shape index (κ1) is 24.1. The van der Waals surface area contributed by atoms with Crippen molar-refractivity contribution in [2.24, 2.45) is 5.92 Å². The largest absolute Gasteiger partial charge is 0.326 e. The molecule has 0 radical (unpaired) electrons. The number of carbonyl (C=O) groups is 3. The maximum Gasteiger partial charge on any atom is 0.315 e. The van der Waals surface area contributed by atoms with E-state index in [0.29, 0.717) is 6.07 Å². The van der Waals surface area contributed by atoms with Gasteiger partial charge >= 0.3 is 6.43 Å². The molecular formula is C19H12Cl3F4N3O3. The van der Waals surface area contributed by atoms with Crippen LogP contribution in [-0.4, -0.2) is 28.5 Å². The molecule has 0 spiro atoms. The second-order valence-corrected chi connectivity index (χ2v) is 8.68. The summed E-state index contributed by atoms with van der Waals surface area (Å²) in [6, 6.07) is 5.18. The van der Waals surface area contributed by atoms with Gasteiger partial charge in [-0.15, -0.1) is 23.2 Å². The van der Waals surface area contributed by atoms with Gasteiger partial charge in [-0.25, -0.2) is 8.78 Å². The molecule has 13 heteroatoms. The van der Waals surface area contributed by atoms with E-state index in [0.717, 1.165) is 12.1 Å². The van der Waals surface area contributed by atoms with Gasteiger partial charge in [0.1, 0.15) is 15.8 Å². The second-order valence-electron chi connectivity index (χ2n) is 6.73. The van der Waals surface area contributed by atoms with Crippen molar-refractivity contribution >= 4 is 69.6 Å². The molecule has 3 rings (SSSR count). The average Bonchev–Trinajstić information content (AvgIpc) is 3.36. The maximum absolute atomic E-state index is 14.5. The number of hydrogen-bond donors (Lipinski definition) is 3. The zero-order chi connectivity index (χ0) is 23.8. The minimum absolute atomic E-state index is 0.112. The van der Waals surface area contributed by atoms with E-state index in [9.17, 15) is 31.9 Å². The van der Waals surface area contributed by atoms with Gasteiger partial charge in [0.2, 0.25) is 5.91 Å². The Balaban J connectivity index is 1.81. The lowest BCUT2D eigenvalue weighted by Gasteiger charge is -2.13. The lowest BCUT2D eigenvalue weighted by molar-refractivity contribution is -0.126. The van der Waals surface area contributed by atoms with Crippen LogP contribution in [0.5, 0.6) is 0 Å². The van der Waals surface area contributed by atoms with Crippen LogP contribution in [0.4, 0.5) is 34.6 Å². The van der Waals surface area contributed by atoms with Gasteiger partial charge < -0.3 is 16.0 Å². The molecule has 1 fully saturated rings. The molecule has 6 nitrogen and oxygen atoms in total. The van der Waals surface area contributed by atoms with Gasteiger partial charge in [0.05, 0.1) is 22.2 Å². The summed E-state index contributed by atoms with van der Waals surface area (Å²) in [4.78, 5) is 35.8. The van der Waals surface area contributed by atoms with Crippen molar-refractivity contribution in [1.29, 1.82) is 0 Å². The fourth-order valence-corrected chi connectivity index (χ4v) is 3.35. The fourth-order valence-electron chi connectivity index (χ4n) is 2.64. The van der Waals surface area contributed by atoms with Crippen LogP contribution in [0.2, 0.25) is 5.02 Å². The highest BCUT2D eigenvalue weighted by Gasteiger charge is 2.56. The number of halogens is 7. The van der Waals surface area contributed by atoms with Crippen molar-refractivity contribution in [3.63, 3.8) is 0 Å². The Bertz CT molecular complexity index is 1110. The Labute approximate surface area is 193 Å². The highest BCUT2D eigenvalue weighted by Crippen LogP contribution is 2.53. The molecule has 1 aliphatic rings. The Kier molecular flexibility index (Phi) is 6.87. The highest BCUT2D eigenvalue weighted by molar-refractivity contribution is 6.52. The predicted octanol–water partition coefficient (Wildman–Crippen LogP) is 5.21. The molecule has 0 aliphatic heterocycles. The van der Waals surface area contributed by atoms with Crippen molar-refractivity contribution in [3.8, 4) is 0 Å². The summed E-state index contributed by atoms with van der Waals surface area (Å²) in [6.07, 6.45) is -3.19. The van der Waals surface area contributed by atoms with Crippen LogP contribution in [0.1, 0.15) is 16.8 Å². The third-order valence-corrected chi connectivity index (χ3v) is 5.57. The number of alkyl halides is 4. The van der Waals surface area contributed by atoms with Crippen LogP contribution >= 0.6 is 34.8 Å². The lowest BCUT2D eigenvalue weighted by Crippen LogP contribution is -2.22. The molecule has 170 valence electrons. The van der Waals surface area contributed by atoms with Gasteiger partial charge in [-0.05, 0) is 36.8 Å². The standard InChI is InChI=1S/C19H12Cl3F4N3O3/c20-10-2-1-7(27-17(31)9-6-19(9,21)22)5-8(10)16(30)29-14-11(23)3-4-12(13(14)24)28-18(32)15(25)26/h1-5,9,15H,6H2,(H,27,31)(H,28,32)(H,29,30)/t9-/m1/s1. The molecule has 32 heavy (non-hydrogen) atoms. The Morgan fingerprint density at radius 1 is 1.03 bits per heavy atom. The maximum atomic E-state index is 14.5. The Hall–Kier alpha value is -2.56. The first-order chi connectivity index (χ1) is 14.9. The number of rotatable bonds is 6. The Morgan fingerprint density at radius 3 is 2.28 bits per heavy atom. The molecule has 1 atom stereocenters. The number of hydrogen-bond acceptors (Lipinski definition) is 3. The molecule has 1 saturated carbocycles. The normalized spacial score (nSPS) is 16.4. The van der Waals surface area contributed by atoms with Crippen LogP contribution < -0.4 is 16.0 Å². The molecule has 2 aromatic rings. The predicted molar refractivity (Wildman–Crippen MR) is 112 cm³/mol. The van der Waals surface area contributed by atoms with E-state index in [-0.39, 0.29) is 22.7 Å². The monoisotopic (exact) mass is 511 g/mol. The summed E-state index contributed by atoms with van der Waals surface area (Å²) < 4.78 is 52.2. The summed E-state index contributed by atoms with van der Waals surface area (Å²) in [5, 5.41) is 5.90. The van der Waals surface area contributed by atoms with Gasteiger partial charge in [-0.3, -0.25) is 14.4 Å². The first-order valence-corrected chi connectivity index (χ1v) is 9.90. The van der Waals surface area contributed by atoms with Gasteiger partial charge in [0, 0.05) is 5.69 Å². The van der Waals surface area contributed by atoms with Crippen LogP contribution in [0.15, 0.2) is 30.3 Å². The zero-order valence-corrected chi connectivity index (χ0v) is 17.9. The molecule has 0 bridgehead atoms. The molecule has 0 unspecified atom stereocenters. The fraction of sp³-hybridized carbons (Fsp3) is 0.211. The van der Waals surface area contributed by atoms with Gasteiger partial charge in [0.15, 0.2) is 5.82 Å². The van der Waals surface area contributed by atoms with Gasteiger partial charge in [0.25, 0.3) is 11.8 Å². The number of amides is 3. The Morgan fingerprint density at radius 2 is 1.69 bits per heavy atom. The topological polar surface area (TPSA) is 87.3 Å². The average molecular weight is 513 g/mol. The smallest absolute Gasteiger partial charge is 0.315 e. The lowest BCUT2D eigenvalue weighted by atomic mass is 10.1. The summed E-state index contributed by atoms with van der Waals surface area (Å²) in [5.74, 6) is -6.75. The minimum Gasteiger partial charge on any atom is -0.326 e. The quantitative estimate of drug-likeness (QED) is 0.367. The van der Waals surface area contributed by atoms with E-state index in [1.54, 1.807) is 5.32 Å². The minimum atomic E-state index is -3.44. The van der Waals surface area contributed by atoms with Crippen LogP contribution in [0.25, 0.3) is 0 Å². The molecule has 0 heterocycles. The van der Waals surface area contributed by atoms with E-state index >= 15 is 0 Å². The van der Waals surface area contributed by atoms with Crippen molar-refractivity contribution in [3.05, 3.63) is 52.6 Å². The molecule has 3 N–H and O–H groups in total. The van der Waals surface area contributed by atoms with Crippen molar-refractivity contribution in [2.75, 3.05) is 16.0 Å². The van der Waals surface area contributed by atoms with E-state index in [1.807, 2.05) is 5.32 Å². The van der Waals surface area contributed by atoms with E-state index in [4.69, 9.17) is 34.8 Å². The van der Waals surface area contributed by atoms with E-state index < -0.39 is 57.4 Å².